The van der Waals surface area contributed by atoms with E-state index in [1.165, 1.54) is 58.0 Å². The van der Waals surface area contributed by atoms with Crippen LogP contribution >= 0.6 is 0 Å². The summed E-state index contributed by atoms with van der Waals surface area (Å²) in [5.74, 6) is 0.959. The number of hydrogen-bond acceptors (Lipinski definition) is 4. The fourth-order valence-corrected chi connectivity index (χ4v) is 5.21. The van der Waals surface area contributed by atoms with Crippen LogP contribution in [-0.2, 0) is 7.05 Å². The number of allylic oxidation sites excluding steroid dienone is 3. The standard InChI is InChI=1S/C25H36N4O/c1-20(21-8-10-24(30)27(3)19-21)7-9-23(26-2)29-17-13-25(14-18-29)11-15-28(16-12-25)22-5-4-6-22/h7-10,19,22H,2,4-6,11-18H2,1,3H3/b20-7+,23-9+. The number of hydrogen-bond donors (Lipinski definition) is 0. The Kier molecular flexibility index (Phi) is 6.28. The van der Waals surface area contributed by atoms with Crippen molar-refractivity contribution in [1.29, 1.82) is 0 Å². The minimum absolute atomic E-state index is 0.0105. The third-order valence-corrected chi connectivity index (χ3v) is 7.78. The Labute approximate surface area is 180 Å². The van der Waals surface area contributed by atoms with E-state index in [1.807, 2.05) is 12.3 Å². The molecule has 5 heteroatoms. The maximum absolute atomic E-state index is 11.6. The quantitative estimate of drug-likeness (QED) is 0.545. The average molecular weight is 409 g/mol. The molecule has 0 amide bonds. The van der Waals surface area contributed by atoms with E-state index in [2.05, 4.69) is 40.6 Å². The van der Waals surface area contributed by atoms with E-state index in [9.17, 15) is 4.79 Å². The number of nitrogens with zero attached hydrogens (tertiary/aromatic N) is 4. The number of aromatic nitrogens is 1. The molecule has 0 N–H and O–H groups in total. The lowest BCUT2D eigenvalue weighted by molar-refractivity contribution is 0.0109. The molecule has 0 bridgehead atoms. The molecule has 0 aromatic carbocycles. The van der Waals surface area contributed by atoms with Gasteiger partial charge >= 0.3 is 0 Å². The first-order valence-electron chi connectivity index (χ1n) is 11.5. The Bertz CT molecular complexity index is 875. The van der Waals surface area contributed by atoms with Gasteiger partial charge in [-0.1, -0.05) is 12.5 Å². The molecule has 2 saturated heterocycles. The second kappa shape index (κ2) is 8.93. The van der Waals surface area contributed by atoms with Gasteiger partial charge in [-0.2, -0.15) is 0 Å². The SMILES string of the molecule is C=N/C(=C\C=C(/C)c1ccc(=O)n(C)c1)N1CCC2(CC1)CCN(C1CCC1)CC2. The molecule has 3 heterocycles. The van der Waals surface area contributed by atoms with Crippen molar-refractivity contribution in [2.45, 2.75) is 57.9 Å². The first-order valence-corrected chi connectivity index (χ1v) is 11.5. The van der Waals surface area contributed by atoms with Gasteiger partial charge in [-0.05, 0) is 93.9 Å². The van der Waals surface area contributed by atoms with Crippen LogP contribution in [0.1, 0.15) is 57.4 Å². The second-order valence-electron chi connectivity index (χ2n) is 9.51. The second-order valence-corrected chi connectivity index (χ2v) is 9.51. The molecule has 4 rings (SSSR count). The van der Waals surface area contributed by atoms with E-state index in [4.69, 9.17) is 0 Å². The lowest BCUT2D eigenvalue weighted by atomic mass is 9.70. The predicted octanol–water partition coefficient (Wildman–Crippen LogP) is 4.06. The monoisotopic (exact) mass is 408 g/mol. The van der Waals surface area contributed by atoms with Gasteiger partial charge in [-0.3, -0.25) is 4.79 Å². The highest BCUT2D eigenvalue weighted by atomic mass is 16.1. The maximum atomic E-state index is 11.6. The number of likely N-dealkylation sites (tertiary alicyclic amines) is 2. The molecule has 1 saturated carbocycles. The zero-order chi connectivity index (χ0) is 21.1. The smallest absolute Gasteiger partial charge is 0.250 e. The Morgan fingerprint density at radius 1 is 1.10 bits per heavy atom. The van der Waals surface area contributed by atoms with E-state index >= 15 is 0 Å². The normalized spacial score (nSPS) is 23.5. The molecule has 162 valence electrons. The van der Waals surface area contributed by atoms with Gasteiger partial charge in [0.2, 0.25) is 5.56 Å². The van der Waals surface area contributed by atoms with Gasteiger partial charge in [0.25, 0.3) is 0 Å². The number of piperidine rings is 2. The molecule has 1 aromatic rings. The minimum atomic E-state index is 0.0105. The van der Waals surface area contributed by atoms with Crippen molar-refractivity contribution >= 4 is 12.3 Å². The van der Waals surface area contributed by atoms with Crippen LogP contribution in [0, 0.1) is 5.41 Å². The number of rotatable bonds is 5. The van der Waals surface area contributed by atoms with Crippen LogP contribution in [0.2, 0.25) is 0 Å². The van der Waals surface area contributed by atoms with E-state index in [-0.39, 0.29) is 5.56 Å². The predicted molar refractivity (Wildman–Crippen MR) is 125 cm³/mol. The summed E-state index contributed by atoms with van der Waals surface area (Å²) in [6.45, 7) is 10.6. The fourth-order valence-electron chi connectivity index (χ4n) is 5.21. The summed E-state index contributed by atoms with van der Waals surface area (Å²) in [6.07, 6.45) is 15.6. The van der Waals surface area contributed by atoms with Gasteiger partial charge in [0.1, 0.15) is 5.82 Å². The lowest BCUT2D eigenvalue weighted by Gasteiger charge is -2.50. The number of pyridine rings is 1. The molecule has 3 aliphatic rings. The largest absolute Gasteiger partial charge is 0.357 e. The maximum Gasteiger partial charge on any atom is 0.250 e. The third-order valence-electron chi connectivity index (χ3n) is 7.78. The zero-order valence-electron chi connectivity index (χ0n) is 18.6. The number of aliphatic imine (C=N–C) groups is 1. The van der Waals surface area contributed by atoms with Crippen LogP contribution < -0.4 is 5.56 Å². The molecular weight excluding hydrogens is 372 g/mol. The summed E-state index contributed by atoms with van der Waals surface area (Å²) in [7, 11) is 1.78. The van der Waals surface area contributed by atoms with E-state index in [0.717, 1.165) is 36.1 Å². The van der Waals surface area contributed by atoms with Crippen molar-refractivity contribution in [3.63, 3.8) is 0 Å². The topological polar surface area (TPSA) is 40.8 Å². The van der Waals surface area contributed by atoms with Crippen molar-refractivity contribution in [3.05, 3.63) is 52.2 Å². The summed E-state index contributed by atoms with van der Waals surface area (Å²) in [6, 6.07) is 4.39. The summed E-state index contributed by atoms with van der Waals surface area (Å²) >= 11 is 0. The van der Waals surface area contributed by atoms with Crippen LogP contribution in [0.15, 0.2) is 46.1 Å². The van der Waals surface area contributed by atoms with Crippen LogP contribution in [-0.4, -0.2) is 53.3 Å². The van der Waals surface area contributed by atoms with E-state index in [1.54, 1.807) is 17.7 Å². The van der Waals surface area contributed by atoms with Gasteiger partial charge in [0, 0.05) is 38.4 Å². The van der Waals surface area contributed by atoms with Crippen LogP contribution in [0.4, 0.5) is 0 Å². The van der Waals surface area contributed by atoms with E-state index in [0.29, 0.717) is 5.41 Å². The highest BCUT2D eigenvalue weighted by molar-refractivity contribution is 5.64. The molecule has 3 fully saturated rings. The van der Waals surface area contributed by atoms with Crippen LogP contribution in [0.25, 0.3) is 5.57 Å². The van der Waals surface area contributed by atoms with Crippen LogP contribution in [0.3, 0.4) is 0 Å². The van der Waals surface area contributed by atoms with Gasteiger partial charge in [0.15, 0.2) is 0 Å². The molecule has 30 heavy (non-hydrogen) atoms. The molecule has 1 aromatic heterocycles. The minimum Gasteiger partial charge on any atom is -0.357 e. The van der Waals surface area contributed by atoms with Gasteiger partial charge in [-0.25, -0.2) is 4.99 Å². The lowest BCUT2D eigenvalue weighted by Crippen LogP contribution is -2.50. The molecule has 0 unspecified atom stereocenters. The summed E-state index contributed by atoms with van der Waals surface area (Å²) in [5.41, 5.74) is 2.72. The highest BCUT2D eigenvalue weighted by Gasteiger charge is 2.39. The zero-order valence-corrected chi connectivity index (χ0v) is 18.6. The van der Waals surface area contributed by atoms with Crippen molar-refractivity contribution in [2.75, 3.05) is 26.2 Å². The summed E-state index contributed by atoms with van der Waals surface area (Å²) in [4.78, 5) is 21.1. The average Bonchev–Trinajstić information content (AvgIpc) is 2.72. The van der Waals surface area contributed by atoms with E-state index < -0.39 is 0 Å². The Hall–Kier alpha value is -2.14. The third kappa shape index (κ3) is 4.46. The Balaban J connectivity index is 1.36. The van der Waals surface area contributed by atoms with Gasteiger partial charge in [0.05, 0.1) is 0 Å². The van der Waals surface area contributed by atoms with Gasteiger partial charge < -0.3 is 14.4 Å². The Morgan fingerprint density at radius 2 is 1.77 bits per heavy atom. The molecule has 1 aliphatic carbocycles. The molecule has 5 nitrogen and oxygen atoms in total. The van der Waals surface area contributed by atoms with Crippen LogP contribution in [0.5, 0.6) is 0 Å². The highest BCUT2D eigenvalue weighted by Crippen LogP contribution is 2.43. The number of aryl methyl sites for hydroxylation is 1. The fraction of sp³-hybridized carbons (Fsp3) is 0.600. The van der Waals surface area contributed by atoms with Gasteiger partial charge in [-0.15, -0.1) is 0 Å². The molecule has 2 aliphatic heterocycles. The van der Waals surface area contributed by atoms with Crippen molar-refractivity contribution in [1.82, 2.24) is 14.4 Å². The molecule has 1 spiro atoms. The van der Waals surface area contributed by atoms with Crippen molar-refractivity contribution in [2.24, 2.45) is 17.5 Å². The molecule has 0 atom stereocenters. The summed E-state index contributed by atoms with van der Waals surface area (Å²) in [5, 5.41) is 0. The first-order chi connectivity index (χ1) is 14.5. The summed E-state index contributed by atoms with van der Waals surface area (Å²) < 4.78 is 1.61. The Morgan fingerprint density at radius 3 is 2.33 bits per heavy atom. The first kappa shape index (κ1) is 21.1. The molecule has 0 radical (unpaired) electrons. The molecular formula is C25H36N4O. The van der Waals surface area contributed by atoms with Crippen molar-refractivity contribution < 1.29 is 0 Å². The van der Waals surface area contributed by atoms with Crippen molar-refractivity contribution in [3.8, 4) is 0 Å².